The number of nitrogens with one attached hydrogen (secondary N) is 1. The first-order valence-corrected chi connectivity index (χ1v) is 6.13. The van der Waals surface area contributed by atoms with Gasteiger partial charge in [0.05, 0.1) is 6.54 Å². The van der Waals surface area contributed by atoms with Crippen molar-refractivity contribution in [3.05, 3.63) is 10.1 Å². The van der Waals surface area contributed by atoms with Crippen molar-refractivity contribution in [2.24, 2.45) is 0 Å². The van der Waals surface area contributed by atoms with Gasteiger partial charge in [0.2, 0.25) is 0 Å². The van der Waals surface area contributed by atoms with Crippen LogP contribution in [0.5, 0.6) is 0 Å². The van der Waals surface area contributed by atoms with Crippen LogP contribution in [0.3, 0.4) is 0 Å². The lowest BCUT2D eigenvalue weighted by Crippen LogP contribution is -2.41. The van der Waals surface area contributed by atoms with E-state index in [0.717, 1.165) is 0 Å². The molecule has 0 aromatic heterocycles. The van der Waals surface area contributed by atoms with Crippen molar-refractivity contribution in [3.63, 3.8) is 0 Å². The van der Waals surface area contributed by atoms with Gasteiger partial charge in [0.15, 0.2) is 0 Å². The van der Waals surface area contributed by atoms with Gasteiger partial charge in [-0.25, -0.2) is 0 Å². The van der Waals surface area contributed by atoms with Crippen molar-refractivity contribution < 1.29 is 9.90 Å². The largest absolute Gasteiger partial charge is 0.480 e. The summed E-state index contributed by atoms with van der Waals surface area (Å²) in [5, 5.41) is 12.8. The molecule has 0 saturated carbocycles. The number of carboxylic acid groups (broad SMARTS) is 1. The van der Waals surface area contributed by atoms with Gasteiger partial charge in [-0.2, -0.15) is 0 Å². The van der Waals surface area contributed by atoms with Crippen LogP contribution in [0.25, 0.3) is 0 Å². The number of alkyl halides is 1. The van der Waals surface area contributed by atoms with E-state index in [-0.39, 0.29) is 12.6 Å². The number of carbonyl (C=O) groups is 1. The van der Waals surface area contributed by atoms with Crippen molar-refractivity contribution in [2.45, 2.75) is 22.8 Å². The molecule has 0 bridgehead atoms. The Morgan fingerprint density at radius 3 is 2.64 bits per heavy atom. The van der Waals surface area contributed by atoms with Crippen LogP contribution in [0.4, 0.5) is 0 Å². The van der Waals surface area contributed by atoms with E-state index in [2.05, 4.69) is 27.9 Å². The van der Waals surface area contributed by atoms with E-state index in [9.17, 15) is 4.79 Å². The maximum absolute atomic E-state index is 10.4. The van der Waals surface area contributed by atoms with Crippen LogP contribution in [0.2, 0.25) is 0 Å². The molecule has 1 rings (SSSR count). The van der Waals surface area contributed by atoms with Crippen molar-refractivity contribution in [3.8, 4) is 0 Å². The maximum atomic E-state index is 10.4. The molecule has 1 aliphatic rings. The Morgan fingerprint density at radius 2 is 2.07 bits per heavy atom. The molecule has 0 aromatic rings. The summed E-state index contributed by atoms with van der Waals surface area (Å²) < 4.78 is 0.293. The van der Waals surface area contributed by atoms with Crippen LogP contribution < -0.4 is 5.32 Å². The van der Waals surface area contributed by atoms with E-state index < -0.39 is 5.97 Å². The van der Waals surface area contributed by atoms with Crippen molar-refractivity contribution in [2.75, 3.05) is 6.54 Å². The highest BCUT2D eigenvalue weighted by atomic mass is 127. The SMILES string of the molecule is O=C(O)CNC1CC(Cl)=C(Cl)CC1I. The smallest absolute Gasteiger partial charge is 0.317 e. The molecule has 0 amide bonds. The van der Waals surface area contributed by atoms with Crippen LogP contribution in [0, 0.1) is 0 Å². The zero-order valence-corrected chi connectivity index (χ0v) is 10.9. The molecule has 2 unspecified atom stereocenters. The predicted octanol–water partition coefficient (Wildman–Crippen LogP) is 2.32. The highest BCUT2D eigenvalue weighted by Gasteiger charge is 2.26. The van der Waals surface area contributed by atoms with Crippen molar-refractivity contribution >= 4 is 51.8 Å². The van der Waals surface area contributed by atoms with Gasteiger partial charge in [-0.05, 0) is 6.42 Å². The number of hydrogen-bond acceptors (Lipinski definition) is 2. The lowest BCUT2D eigenvalue weighted by atomic mass is 10.0. The first kappa shape index (κ1) is 12.5. The molecule has 0 aliphatic heterocycles. The average Bonchev–Trinajstić information content (AvgIpc) is 2.09. The lowest BCUT2D eigenvalue weighted by molar-refractivity contribution is -0.136. The van der Waals surface area contributed by atoms with Gasteiger partial charge in [-0.3, -0.25) is 4.79 Å². The minimum absolute atomic E-state index is 0.0358. The summed E-state index contributed by atoms with van der Waals surface area (Å²) in [6, 6.07) is 0.0988. The normalized spacial score (nSPS) is 27.9. The molecular formula is C8H10Cl2INO2. The first-order chi connectivity index (χ1) is 6.50. The van der Waals surface area contributed by atoms with E-state index >= 15 is 0 Å². The molecule has 0 saturated heterocycles. The van der Waals surface area contributed by atoms with E-state index in [1.54, 1.807) is 0 Å². The number of aliphatic carboxylic acids is 1. The average molecular weight is 350 g/mol. The number of carboxylic acids is 1. The molecule has 6 heteroatoms. The summed E-state index contributed by atoms with van der Waals surface area (Å²) in [4.78, 5) is 10.4. The minimum atomic E-state index is -0.856. The Balaban J connectivity index is 2.51. The summed E-state index contributed by atoms with van der Waals surface area (Å²) in [6.45, 7) is -0.0358. The van der Waals surface area contributed by atoms with Crippen LogP contribution in [0.1, 0.15) is 12.8 Å². The molecule has 3 nitrogen and oxygen atoms in total. The van der Waals surface area contributed by atoms with Crippen LogP contribution >= 0.6 is 45.8 Å². The summed E-state index contributed by atoms with van der Waals surface area (Å²) >= 11 is 14.0. The third-order valence-corrected chi connectivity index (χ3v) is 4.19. The Labute approximate surface area is 106 Å². The second-order valence-electron chi connectivity index (χ2n) is 3.12. The highest BCUT2D eigenvalue weighted by Crippen LogP contribution is 2.34. The Kier molecular flexibility index (Phi) is 4.96. The van der Waals surface area contributed by atoms with Gasteiger partial charge < -0.3 is 10.4 Å². The van der Waals surface area contributed by atoms with Gasteiger partial charge in [0, 0.05) is 26.5 Å². The van der Waals surface area contributed by atoms with Gasteiger partial charge in [0.1, 0.15) is 0 Å². The fourth-order valence-electron chi connectivity index (χ4n) is 1.27. The quantitative estimate of drug-likeness (QED) is 0.607. The fourth-order valence-corrected chi connectivity index (χ4v) is 2.97. The summed E-state index contributed by atoms with van der Waals surface area (Å²) in [5.74, 6) is -0.856. The number of hydrogen-bond donors (Lipinski definition) is 2. The van der Waals surface area contributed by atoms with E-state index in [4.69, 9.17) is 28.3 Å². The van der Waals surface area contributed by atoms with Crippen molar-refractivity contribution in [1.82, 2.24) is 5.32 Å². The molecule has 0 radical (unpaired) electrons. The van der Waals surface area contributed by atoms with E-state index in [1.807, 2.05) is 0 Å². The molecule has 1 aliphatic carbocycles. The number of allylic oxidation sites excluding steroid dienone is 1. The zero-order chi connectivity index (χ0) is 10.7. The van der Waals surface area contributed by atoms with Gasteiger partial charge in [0.25, 0.3) is 0 Å². The topological polar surface area (TPSA) is 49.3 Å². The highest BCUT2D eigenvalue weighted by molar-refractivity contribution is 14.1. The molecule has 2 N–H and O–H groups in total. The minimum Gasteiger partial charge on any atom is -0.480 e. The van der Waals surface area contributed by atoms with E-state index in [1.165, 1.54) is 0 Å². The number of halogens is 3. The van der Waals surface area contributed by atoms with Gasteiger partial charge in [-0.1, -0.05) is 45.8 Å². The Bertz CT molecular complexity index is 270. The first-order valence-electron chi connectivity index (χ1n) is 4.13. The fraction of sp³-hybridized carbons (Fsp3) is 0.625. The number of rotatable bonds is 3. The standard InChI is InChI=1S/C8H10Cl2INO2/c9-4-1-6(11)7(2-5(4)10)12-3-8(13)14/h6-7,12H,1-3H2,(H,13,14). The summed E-state index contributed by atoms with van der Waals surface area (Å²) in [5.41, 5.74) is 0. The third kappa shape index (κ3) is 3.56. The zero-order valence-electron chi connectivity index (χ0n) is 7.27. The third-order valence-electron chi connectivity index (χ3n) is 2.02. The Morgan fingerprint density at radius 1 is 1.50 bits per heavy atom. The van der Waals surface area contributed by atoms with Crippen molar-refractivity contribution in [1.29, 1.82) is 0 Å². The van der Waals surface area contributed by atoms with Crippen LogP contribution in [0.15, 0.2) is 10.1 Å². The van der Waals surface area contributed by atoms with Crippen LogP contribution in [-0.4, -0.2) is 27.6 Å². The maximum Gasteiger partial charge on any atom is 0.317 e. The lowest BCUT2D eigenvalue weighted by Gasteiger charge is -2.27. The second-order valence-corrected chi connectivity index (χ2v) is 5.63. The molecule has 0 heterocycles. The molecular weight excluding hydrogens is 340 g/mol. The molecule has 14 heavy (non-hydrogen) atoms. The Hall–Kier alpha value is 0.480. The molecule has 80 valence electrons. The summed E-state index contributed by atoms with van der Waals surface area (Å²) in [6.07, 6.45) is 1.32. The summed E-state index contributed by atoms with van der Waals surface area (Å²) in [7, 11) is 0. The monoisotopic (exact) mass is 349 g/mol. The molecule has 2 atom stereocenters. The predicted molar refractivity (Wildman–Crippen MR) is 65.2 cm³/mol. The molecule has 0 fully saturated rings. The van der Waals surface area contributed by atoms with Crippen LogP contribution in [-0.2, 0) is 4.79 Å². The van der Waals surface area contributed by atoms with E-state index in [0.29, 0.717) is 26.8 Å². The van der Waals surface area contributed by atoms with Gasteiger partial charge >= 0.3 is 5.97 Å². The second kappa shape index (κ2) is 5.53. The molecule has 0 aromatic carbocycles. The van der Waals surface area contributed by atoms with Gasteiger partial charge in [-0.15, -0.1) is 0 Å². The molecule has 0 spiro atoms.